The van der Waals surface area contributed by atoms with Gasteiger partial charge in [0.2, 0.25) is 0 Å². The first-order valence-corrected chi connectivity index (χ1v) is 1.87. The fourth-order valence-corrected chi connectivity index (χ4v) is 0. The van der Waals surface area contributed by atoms with E-state index in [2.05, 4.69) is 5.50 Å². The third kappa shape index (κ3) is 302. The zero-order chi connectivity index (χ0) is 3.58. The van der Waals surface area contributed by atoms with Crippen LogP contribution in [0.15, 0.2) is 0 Å². The molecule has 0 heterocycles. The van der Waals surface area contributed by atoms with Gasteiger partial charge in [-0.25, -0.2) is 8.53 Å². The van der Waals surface area contributed by atoms with Crippen molar-refractivity contribution < 1.29 is 15.3 Å². The summed E-state index contributed by atoms with van der Waals surface area (Å²) >= 11 is 0. The van der Waals surface area contributed by atoms with Gasteiger partial charge in [-0.05, 0) is 0 Å². The Kier molecular flexibility index (Phi) is 7.67. The summed E-state index contributed by atoms with van der Waals surface area (Å²) in [6, 6.07) is 0. The molecule has 0 amide bonds. The summed E-state index contributed by atoms with van der Waals surface area (Å²) in [5, 5.41) is 0. The van der Waals surface area contributed by atoms with Crippen molar-refractivity contribution >= 4 is 8.53 Å². The summed E-state index contributed by atoms with van der Waals surface area (Å²) in [5.74, 6) is 0. The van der Waals surface area contributed by atoms with Crippen LogP contribution >= 0.6 is 8.53 Å². The van der Waals surface area contributed by atoms with E-state index in [9.17, 15) is 0 Å². The van der Waals surface area contributed by atoms with E-state index in [4.69, 9.17) is 9.79 Å². The van der Waals surface area contributed by atoms with Crippen LogP contribution in [0.5, 0.6) is 0 Å². The Morgan fingerprint density at radius 2 is 1.40 bits per heavy atom. The zero-order valence-electron chi connectivity index (χ0n) is 2.25. The molecule has 0 aromatic heterocycles. The van der Waals surface area contributed by atoms with Gasteiger partial charge in [-0.1, -0.05) is 0 Å². The molecule has 0 aliphatic carbocycles. The highest BCUT2D eigenvalue weighted by Gasteiger charge is 2.00. The monoisotopic (exact) mass is 95.0 g/mol. The summed E-state index contributed by atoms with van der Waals surface area (Å²) in [6.45, 7) is 0. The van der Waals surface area contributed by atoms with E-state index >= 15 is 0 Å². The van der Waals surface area contributed by atoms with Crippen LogP contribution < -0.4 is 15.3 Å². The zero-order valence-corrected chi connectivity index (χ0v) is 3.14. The first kappa shape index (κ1) is 8.99. The van der Waals surface area contributed by atoms with Crippen molar-refractivity contribution in [3.05, 3.63) is 0 Å². The number of hydrogen-bond acceptors (Lipinski definition) is 3. The summed E-state index contributed by atoms with van der Waals surface area (Å²) in [6.07, 6.45) is 0. The normalized spacial score (nSPS) is 7.20. The molecule has 0 unspecified atom stereocenters. The van der Waals surface area contributed by atoms with Gasteiger partial charge < -0.3 is 15.3 Å². The number of nitrogens with two attached hydrogens (primary N) is 1. The quantitative estimate of drug-likeness (QED) is 0.344. The smallest absolute Gasteiger partial charge is 0.830 e. The second-order valence-electron chi connectivity index (χ2n) is 0.285. The standard InChI is InChI=1S/H2NO2P.O/c1-4(2)3;/h1H2;/q-2;+2. The Bertz CT molecular complexity index is 11.6. The van der Waals surface area contributed by atoms with E-state index in [1.807, 2.05) is 0 Å². The Morgan fingerprint density at radius 3 is 1.40 bits per heavy atom. The van der Waals surface area contributed by atoms with E-state index in [0.29, 0.717) is 0 Å². The Morgan fingerprint density at radius 1 is 1.40 bits per heavy atom. The minimum atomic E-state index is -2.62. The van der Waals surface area contributed by atoms with Crippen molar-refractivity contribution in [1.29, 1.82) is 0 Å². The molecule has 5 heavy (non-hydrogen) atoms. The molecule has 2 N–H and O–H groups in total. The molecule has 0 bridgehead atoms. The maximum absolute atomic E-state index is 8.81. The van der Waals surface area contributed by atoms with Crippen LogP contribution in [0.1, 0.15) is 0 Å². The van der Waals surface area contributed by atoms with Crippen LogP contribution in [0, 0.1) is 0 Å². The minimum Gasteiger partial charge on any atom is -0.830 e. The lowest BCUT2D eigenvalue weighted by Crippen LogP contribution is -2.14. The number of hydrogen-bond donors (Lipinski definition) is 1. The van der Waals surface area contributed by atoms with Crippen molar-refractivity contribution in [3.63, 3.8) is 0 Å². The summed E-state index contributed by atoms with van der Waals surface area (Å²) in [4.78, 5) is 17.6. The van der Waals surface area contributed by atoms with E-state index in [1.165, 1.54) is 0 Å². The largest absolute Gasteiger partial charge is 2.00 e. The molecule has 0 aliphatic rings. The second kappa shape index (κ2) is 4.27. The van der Waals surface area contributed by atoms with Gasteiger partial charge in [0.05, 0.1) is 0 Å². The van der Waals surface area contributed by atoms with Crippen LogP contribution in [-0.2, 0) is 5.48 Å². The predicted molar refractivity (Wildman–Crippen MR) is 11.8 cm³/mol. The van der Waals surface area contributed by atoms with Crippen LogP contribution in [0.3, 0.4) is 0 Å². The first-order chi connectivity index (χ1) is 1.73. The molecule has 4 radical (unpaired) electrons. The van der Waals surface area contributed by atoms with Crippen molar-refractivity contribution in [1.82, 2.24) is 0 Å². The van der Waals surface area contributed by atoms with Crippen LogP contribution in [-0.4, -0.2) is 0 Å². The molecule has 4 nitrogen and oxygen atoms in total. The molecule has 0 aromatic carbocycles. The summed E-state index contributed by atoms with van der Waals surface area (Å²) in [7, 11) is -2.62. The van der Waals surface area contributed by atoms with E-state index < -0.39 is 8.53 Å². The van der Waals surface area contributed by atoms with Crippen molar-refractivity contribution in [2.75, 3.05) is 0 Å². The molecule has 0 aliphatic heterocycles. The molecule has 5 heteroatoms. The molecule has 0 saturated carbocycles. The molecule has 0 spiro atoms. The highest BCUT2D eigenvalue weighted by atomic mass is 31.2. The van der Waals surface area contributed by atoms with Gasteiger partial charge in [0.25, 0.3) is 0 Å². The van der Waals surface area contributed by atoms with Gasteiger partial charge in [-0.3, -0.25) is 0 Å². The fourth-order valence-electron chi connectivity index (χ4n) is 0. The van der Waals surface area contributed by atoms with Gasteiger partial charge in [0.15, 0.2) is 0 Å². The van der Waals surface area contributed by atoms with Gasteiger partial charge in [0, 0.05) is 0 Å². The molecule has 0 fully saturated rings. The second-order valence-corrected chi connectivity index (χ2v) is 0.856. The third-order valence-corrected chi connectivity index (χ3v) is 0. The topological polar surface area (TPSA) is 101 Å². The Labute approximate surface area is 30.5 Å². The van der Waals surface area contributed by atoms with Gasteiger partial charge >= 0.3 is 5.48 Å². The maximum Gasteiger partial charge on any atom is 2.00 e. The fraction of sp³-hybridized carbons (Fsp3) is 0. The Balaban J connectivity index is 0. The highest BCUT2D eigenvalue weighted by molar-refractivity contribution is 7.39. The SMILES string of the molecule is NP([O-])[O-].[O+2]. The van der Waals surface area contributed by atoms with Crippen LogP contribution in [0.4, 0.5) is 0 Å². The predicted octanol–water partition coefficient (Wildman–Crippen LogP) is -2.23. The minimum absolute atomic E-state index is 0. The Hall–Kier alpha value is 0.270. The average molecular weight is 95.0 g/mol. The average Bonchev–Trinajstić information content (AvgIpc) is 0.811. The van der Waals surface area contributed by atoms with Gasteiger partial charge in [-0.15, -0.1) is 0 Å². The van der Waals surface area contributed by atoms with E-state index in [-0.39, 0.29) is 5.48 Å². The molecular weight excluding hydrogens is 93.0 g/mol. The molecule has 0 atom stereocenters. The molecule has 0 rings (SSSR count). The molecule has 0 aromatic rings. The highest BCUT2D eigenvalue weighted by Crippen LogP contribution is 1.86. The third-order valence-electron chi connectivity index (χ3n) is 0. The van der Waals surface area contributed by atoms with E-state index in [0.717, 1.165) is 0 Å². The van der Waals surface area contributed by atoms with Crippen molar-refractivity contribution in [2.45, 2.75) is 0 Å². The summed E-state index contributed by atoms with van der Waals surface area (Å²) < 4.78 is 0. The molecule has 0 saturated heterocycles. The molecule has 30 valence electrons. The number of rotatable bonds is 0. The maximum atomic E-state index is 8.81. The van der Waals surface area contributed by atoms with Crippen LogP contribution in [0.25, 0.3) is 0 Å². The lowest BCUT2D eigenvalue weighted by Gasteiger charge is -2.22. The van der Waals surface area contributed by atoms with E-state index in [1.54, 1.807) is 0 Å². The van der Waals surface area contributed by atoms with Crippen LogP contribution in [0.2, 0.25) is 0 Å². The van der Waals surface area contributed by atoms with Crippen molar-refractivity contribution in [2.24, 2.45) is 5.50 Å². The lowest BCUT2D eigenvalue weighted by atomic mass is 13.9. The van der Waals surface area contributed by atoms with Gasteiger partial charge in [0.1, 0.15) is 0 Å². The lowest BCUT2D eigenvalue weighted by molar-refractivity contribution is -0.292. The van der Waals surface area contributed by atoms with Crippen molar-refractivity contribution in [3.8, 4) is 0 Å². The van der Waals surface area contributed by atoms with Gasteiger partial charge in [-0.2, -0.15) is 0 Å². The molecular formula is H2NO3P. The first-order valence-electron chi connectivity index (χ1n) is 0.623. The summed E-state index contributed by atoms with van der Waals surface area (Å²) in [5.41, 5.74) is 4.06.